The highest BCUT2D eigenvalue weighted by molar-refractivity contribution is 7.88. The normalized spacial score (nSPS) is 18.8. The molecule has 0 aliphatic heterocycles. The van der Waals surface area contributed by atoms with Crippen molar-refractivity contribution in [3.8, 4) is 0 Å². The highest BCUT2D eigenvalue weighted by Gasteiger charge is 2.39. The van der Waals surface area contributed by atoms with Crippen LogP contribution in [0.25, 0.3) is 0 Å². The second-order valence-electron chi connectivity index (χ2n) is 7.88. The van der Waals surface area contributed by atoms with E-state index < -0.39 is 18.2 Å². The van der Waals surface area contributed by atoms with Crippen LogP contribution in [0.5, 0.6) is 0 Å². The number of nitrogens with zero attached hydrogens (tertiary/aromatic N) is 1. The van der Waals surface area contributed by atoms with Gasteiger partial charge in [0, 0.05) is 11.6 Å². The Balaban J connectivity index is 2.44. The molecule has 0 saturated heterocycles. The Hall–Kier alpha value is -0.853. The zero-order chi connectivity index (χ0) is 16.6. The van der Waals surface area contributed by atoms with Gasteiger partial charge in [0.15, 0.2) is 8.24 Å². The molecular formula is C16H30N3OSSi+. The van der Waals surface area contributed by atoms with Crippen molar-refractivity contribution in [2.24, 2.45) is 9.95 Å². The molecule has 1 aliphatic carbocycles. The molecule has 1 atom stereocenters. The first-order valence-electron chi connectivity index (χ1n) is 8.01. The van der Waals surface area contributed by atoms with Crippen LogP contribution < -0.4 is 10.5 Å². The third kappa shape index (κ3) is 4.11. The highest BCUT2D eigenvalue weighted by Crippen LogP contribution is 2.37. The van der Waals surface area contributed by atoms with Crippen LogP contribution >= 0.6 is 0 Å². The van der Waals surface area contributed by atoms with Gasteiger partial charge in [0.1, 0.15) is 0 Å². The van der Waals surface area contributed by atoms with E-state index in [2.05, 4.69) is 33.9 Å². The molecule has 2 rings (SSSR count). The molecule has 1 aromatic rings. The molecule has 4 N–H and O–H groups in total. The lowest BCUT2D eigenvalue weighted by Crippen LogP contribution is -2.88. The maximum atomic E-state index is 13.7. The fourth-order valence-electron chi connectivity index (χ4n) is 1.95. The zero-order valence-electron chi connectivity index (χ0n) is 14.4. The first-order valence-corrected chi connectivity index (χ1v) is 12.5. The largest absolute Gasteiger partial charge is 0.399 e. The van der Waals surface area contributed by atoms with E-state index in [4.69, 9.17) is 9.76 Å². The van der Waals surface area contributed by atoms with E-state index in [9.17, 15) is 4.21 Å². The van der Waals surface area contributed by atoms with Crippen molar-refractivity contribution in [1.29, 1.82) is 0 Å². The molecule has 124 valence electrons. The Morgan fingerprint density at radius 3 is 2.27 bits per heavy atom. The van der Waals surface area contributed by atoms with Crippen LogP contribution in [0.2, 0.25) is 18.1 Å². The van der Waals surface area contributed by atoms with Gasteiger partial charge in [-0.15, -0.1) is 0 Å². The van der Waals surface area contributed by atoms with E-state index in [1.165, 1.54) is 12.8 Å². The second-order valence-corrected chi connectivity index (χ2v) is 15.2. The van der Waals surface area contributed by atoms with Gasteiger partial charge in [-0.05, 0) is 55.2 Å². The molecule has 1 saturated carbocycles. The number of nitrogen functional groups attached to an aromatic ring is 1. The molecule has 0 aromatic heterocycles. The van der Waals surface area contributed by atoms with Crippen molar-refractivity contribution in [2.45, 2.75) is 56.6 Å². The molecule has 1 aromatic carbocycles. The van der Waals surface area contributed by atoms with Gasteiger partial charge in [-0.3, -0.25) is 4.72 Å². The SMILES string of the molecule is CC(C)(C)[Si](C)(C)N=S(=O)([NH2+]CC1CC1)c1ccc(N)cc1. The number of hydrogen-bond acceptors (Lipinski definition) is 3. The zero-order valence-corrected chi connectivity index (χ0v) is 16.2. The van der Waals surface area contributed by atoms with E-state index >= 15 is 0 Å². The van der Waals surface area contributed by atoms with Crippen LogP contribution in [-0.4, -0.2) is 19.0 Å². The molecule has 22 heavy (non-hydrogen) atoms. The number of rotatable bonds is 5. The molecule has 1 unspecified atom stereocenters. The summed E-state index contributed by atoms with van der Waals surface area (Å²) in [6.45, 7) is 11.9. The quantitative estimate of drug-likeness (QED) is 0.639. The van der Waals surface area contributed by atoms with E-state index in [0.717, 1.165) is 11.4 Å². The Labute approximate surface area is 136 Å². The second kappa shape index (κ2) is 5.98. The fourth-order valence-corrected chi connectivity index (χ4v) is 7.72. The summed E-state index contributed by atoms with van der Waals surface area (Å²) in [6, 6.07) is 7.39. The highest BCUT2D eigenvalue weighted by atomic mass is 32.2. The Bertz CT molecular complexity index is 636. The molecule has 0 amide bonds. The van der Waals surface area contributed by atoms with Crippen molar-refractivity contribution >= 4 is 23.8 Å². The summed E-state index contributed by atoms with van der Waals surface area (Å²) in [7, 11) is -4.48. The van der Waals surface area contributed by atoms with Gasteiger partial charge < -0.3 is 5.73 Å². The minimum Gasteiger partial charge on any atom is -0.399 e. The van der Waals surface area contributed by atoms with Crippen molar-refractivity contribution in [3.63, 3.8) is 0 Å². The van der Waals surface area contributed by atoms with Gasteiger partial charge in [-0.2, -0.15) is 4.21 Å². The first-order chi connectivity index (χ1) is 10.0. The monoisotopic (exact) mass is 340 g/mol. The van der Waals surface area contributed by atoms with Crippen LogP contribution in [0, 0.1) is 5.92 Å². The van der Waals surface area contributed by atoms with E-state index in [1.807, 2.05) is 29.0 Å². The summed E-state index contributed by atoms with van der Waals surface area (Å²) in [5.74, 6) is 0.712. The summed E-state index contributed by atoms with van der Waals surface area (Å²) in [5.41, 5.74) is 6.47. The van der Waals surface area contributed by atoms with E-state index in [1.54, 1.807) is 0 Å². The smallest absolute Gasteiger partial charge is 0.213 e. The fraction of sp³-hybridized carbons (Fsp3) is 0.625. The predicted molar refractivity (Wildman–Crippen MR) is 96.4 cm³/mol. The molecule has 0 spiro atoms. The molecule has 1 fully saturated rings. The van der Waals surface area contributed by atoms with Crippen LogP contribution in [0.4, 0.5) is 5.69 Å². The van der Waals surface area contributed by atoms with Crippen LogP contribution in [0.3, 0.4) is 0 Å². The molecular weight excluding hydrogens is 310 g/mol. The Kier molecular flexibility index (Phi) is 4.76. The van der Waals surface area contributed by atoms with Gasteiger partial charge in [0.25, 0.3) is 0 Å². The minimum absolute atomic E-state index is 0.0802. The molecule has 6 heteroatoms. The number of nitrogens with two attached hydrogens (primary N) is 2. The van der Waals surface area contributed by atoms with Gasteiger partial charge in [-0.25, -0.2) is 4.03 Å². The molecule has 1 aliphatic rings. The van der Waals surface area contributed by atoms with Crippen LogP contribution in [0.15, 0.2) is 33.2 Å². The van der Waals surface area contributed by atoms with Crippen molar-refractivity contribution in [2.75, 3.05) is 12.3 Å². The van der Waals surface area contributed by atoms with Crippen molar-refractivity contribution < 1.29 is 8.93 Å². The average molecular weight is 341 g/mol. The lowest BCUT2D eigenvalue weighted by atomic mass is 10.2. The number of quaternary nitrogens is 1. The van der Waals surface area contributed by atoms with Crippen molar-refractivity contribution in [1.82, 2.24) is 0 Å². The van der Waals surface area contributed by atoms with Gasteiger partial charge in [0.2, 0.25) is 9.92 Å². The average Bonchev–Trinajstić information content (AvgIpc) is 3.19. The predicted octanol–water partition coefficient (Wildman–Crippen LogP) is 2.99. The Morgan fingerprint density at radius 1 is 1.27 bits per heavy atom. The van der Waals surface area contributed by atoms with Crippen LogP contribution in [-0.2, 0) is 9.92 Å². The molecule has 0 bridgehead atoms. The number of hydrogen-bond donors (Lipinski definition) is 2. The summed E-state index contributed by atoms with van der Waals surface area (Å²) in [6.07, 6.45) is 2.52. The lowest BCUT2D eigenvalue weighted by Gasteiger charge is -2.32. The molecule has 0 radical (unpaired) electrons. The first kappa shape index (κ1) is 17.5. The summed E-state index contributed by atoms with van der Waals surface area (Å²) in [4.78, 5) is 0.798. The molecule has 0 heterocycles. The standard InChI is InChI=1S/C16H29N3OSSi/c1-16(2,3)22(4,5)19-21(20,18-12-13-6-7-13)15-10-8-14(17)9-11-15/h8-11,13H,6-7,12,17H2,1-5H3,(H,18,19,20)/p+1. The van der Waals surface area contributed by atoms with Gasteiger partial charge >= 0.3 is 0 Å². The number of anilines is 1. The maximum absolute atomic E-state index is 13.7. The van der Waals surface area contributed by atoms with Gasteiger partial charge in [0.05, 0.1) is 11.4 Å². The summed E-state index contributed by atoms with van der Waals surface area (Å²) < 4.78 is 20.6. The lowest BCUT2D eigenvalue weighted by molar-refractivity contribution is -0.496. The van der Waals surface area contributed by atoms with Gasteiger partial charge in [-0.1, -0.05) is 20.8 Å². The minimum atomic E-state index is -2.47. The Morgan fingerprint density at radius 2 is 1.82 bits per heavy atom. The number of benzene rings is 1. The van der Waals surface area contributed by atoms with Crippen LogP contribution in [0.1, 0.15) is 33.6 Å². The third-order valence-electron chi connectivity index (χ3n) is 4.77. The van der Waals surface area contributed by atoms with Crippen molar-refractivity contribution in [3.05, 3.63) is 24.3 Å². The summed E-state index contributed by atoms with van der Waals surface area (Å²) in [5, 5.41) is 0.0802. The maximum Gasteiger partial charge on any atom is 0.213 e. The summed E-state index contributed by atoms with van der Waals surface area (Å²) >= 11 is 0. The molecule has 4 nitrogen and oxygen atoms in total. The van der Waals surface area contributed by atoms with E-state index in [0.29, 0.717) is 11.6 Å². The topological polar surface area (TPSA) is 72.1 Å². The van der Waals surface area contributed by atoms with E-state index in [-0.39, 0.29) is 5.04 Å². The third-order valence-corrected chi connectivity index (χ3v) is 12.9.